The van der Waals surface area contributed by atoms with E-state index in [1.165, 1.54) is 5.56 Å². The fourth-order valence-corrected chi connectivity index (χ4v) is 4.18. The van der Waals surface area contributed by atoms with E-state index in [0.29, 0.717) is 30.6 Å². The van der Waals surface area contributed by atoms with Crippen LogP contribution in [-0.2, 0) is 16.1 Å². The van der Waals surface area contributed by atoms with Gasteiger partial charge in [0.15, 0.2) is 0 Å². The molecule has 0 amide bonds. The summed E-state index contributed by atoms with van der Waals surface area (Å²) in [4.78, 5) is 12.2. The van der Waals surface area contributed by atoms with Crippen LogP contribution in [0.2, 0.25) is 0 Å². The Labute approximate surface area is 132 Å². The van der Waals surface area contributed by atoms with Gasteiger partial charge in [0, 0.05) is 12.3 Å². The van der Waals surface area contributed by atoms with E-state index in [0.717, 1.165) is 19.4 Å². The number of benzene rings is 1. The third-order valence-electron chi connectivity index (χ3n) is 5.51. The summed E-state index contributed by atoms with van der Waals surface area (Å²) in [5.74, 6) is 1.40. The molecule has 2 saturated carbocycles. The summed E-state index contributed by atoms with van der Waals surface area (Å²) >= 11 is 0. The van der Waals surface area contributed by atoms with E-state index >= 15 is 0 Å². The number of fused-ring (bicyclic) bond motifs is 1. The van der Waals surface area contributed by atoms with E-state index < -0.39 is 5.60 Å². The Hall–Kier alpha value is -1.19. The summed E-state index contributed by atoms with van der Waals surface area (Å²) in [6.45, 7) is 5.02. The first-order chi connectivity index (χ1) is 10.5. The molecule has 3 rings (SSSR count). The lowest BCUT2D eigenvalue weighted by Crippen LogP contribution is -2.56. The van der Waals surface area contributed by atoms with E-state index in [9.17, 15) is 9.90 Å². The molecule has 2 aliphatic rings. The van der Waals surface area contributed by atoms with E-state index in [-0.39, 0.29) is 11.8 Å². The number of ketones is 1. The number of aliphatic hydroxyl groups is 1. The Morgan fingerprint density at radius 3 is 2.68 bits per heavy atom. The van der Waals surface area contributed by atoms with Crippen molar-refractivity contribution in [2.45, 2.75) is 45.3 Å². The van der Waals surface area contributed by atoms with Gasteiger partial charge < -0.3 is 9.84 Å². The fraction of sp³-hybridized carbons (Fsp3) is 0.632. The summed E-state index contributed by atoms with van der Waals surface area (Å²) in [5.41, 5.74) is 0.442. The summed E-state index contributed by atoms with van der Waals surface area (Å²) in [5, 5.41) is 10.2. The largest absolute Gasteiger partial charge is 0.390 e. The standard InChI is InChI=1S/C19H26O3/c1-19(2,21)16-10-15-14(8-9-17(20)18(15)16)12-22-11-13-6-4-3-5-7-13/h3-7,14-16,18,21H,8-12H2,1-2H3/t14-,15-,16+,18+/m1/s1. The zero-order valence-electron chi connectivity index (χ0n) is 13.5. The predicted octanol–water partition coefficient (Wildman–Crippen LogP) is 3.21. The summed E-state index contributed by atoms with van der Waals surface area (Å²) in [6.07, 6.45) is 2.54. The summed E-state index contributed by atoms with van der Waals surface area (Å²) < 4.78 is 5.89. The van der Waals surface area contributed by atoms with Crippen molar-refractivity contribution in [1.29, 1.82) is 0 Å². The second-order valence-electron chi connectivity index (χ2n) is 7.45. The molecular formula is C19H26O3. The van der Waals surface area contributed by atoms with Crippen LogP contribution in [0.1, 0.15) is 38.7 Å². The molecule has 0 bridgehead atoms. The highest BCUT2D eigenvalue weighted by atomic mass is 16.5. The van der Waals surface area contributed by atoms with Crippen LogP contribution in [0.5, 0.6) is 0 Å². The molecule has 0 heterocycles. The van der Waals surface area contributed by atoms with Crippen LogP contribution in [-0.4, -0.2) is 23.1 Å². The molecule has 0 unspecified atom stereocenters. The molecule has 1 aromatic carbocycles. The van der Waals surface area contributed by atoms with Gasteiger partial charge in [-0.2, -0.15) is 0 Å². The number of rotatable bonds is 5. The maximum Gasteiger partial charge on any atom is 0.136 e. The van der Waals surface area contributed by atoms with Crippen LogP contribution in [0, 0.1) is 23.7 Å². The lowest BCUT2D eigenvalue weighted by molar-refractivity contribution is -0.161. The molecule has 1 N–H and O–H groups in total. The van der Waals surface area contributed by atoms with Crippen LogP contribution in [0.15, 0.2) is 30.3 Å². The molecule has 3 heteroatoms. The third kappa shape index (κ3) is 3.11. The van der Waals surface area contributed by atoms with Gasteiger partial charge in [0.1, 0.15) is 5.78 Å². The minimum absolute atomic E-state index is 0.0547. The van der Waals surface area contributed by atoms with Crippen LogP contribution in [0.3, 0.4) is 0 Å². The minimum atomic E-state index is -0.746. The lowest BCUT2D eigenvalue weighted by Gasteiger charge is -2.54. The second kappa shape index (κ2) is 6.13. The molecule has 0 saturated heterocycles. The predicted molar refractivity (Wildman–Crippen MR) is 85.2 cm³/mol. The first kappa shape index (κ1) is 15.7. The maximum absolute atomic E-state index is 12.2. The van der Waals surface area contributed by atoms with Gasteiger partial charge in [0.2, 0.25) is 0 Å². The summed E-state index contributed by atoms with van der Waals surface area (Å²) in [6, 6.07) is 10.2. The van der Waals surface area contributed by atoms with Crippen molar-refractivity contribution >= 4 is 5.78 Å². The Morgan fingerprint density at radius 1 is 1.27 bits per heavy atom. The van der Waals surface area contributed by atoms with Crippen molar-refractivity contribution in [1.82, 2.24) is 0 Å². The Kier molecular flexibility index (Phi) is 4.37. The number of hydrogen-bond acceptors (Lipinski definition) is 3. The van der Waals surface area contributed by atoms with Crippen LogP contribution in [0.4, 0.5) is 0 Å². The fourth-order valence-electron chi connectivity index (χ4n) is 4.18. The van der Waals surface area contributed by atoms with Crippen LogP contribution in [0.25, 0.3) is 0 Å². The van der Waals surface area contributed by atoms with Crippen LogP contribution >= 0.6 is 0 Å². The van der Waals surface area contributed by atoms with Gasteiger partial charge in [-0.15, -0.1) is 0 Å². The highest BCUT2D eigenvalue weighted by Crippen LogP contribution is 2.54. The first-order valence-corrected chi connectivity index (χ1v) is 8.33. The van der Waals surface area contributed by atoms with Crippen molar-refractivity contribution in [3.8, 4) is 0 Å². The average Bonchev–Trinajstić information content (AvgIpc) is 2.41. The van der Waals surface area contributed by atoms with Gasteiger partial charge in [-0.05, 0) is 50.0 Å². The van der Waals surface area contributed by atoms with Crippen LogP contribution < -0.4 is 0 Å². The van der Waals surface area contributed by atoms with Crippen molar-refractivity contribution in [2.75, 3.05) is 6.61 Å². The van der Waals surface area contributed by atoms with Gasteiger partial charge in [0.05, 0.1) is 18.8 Å². The molecule has 0 aliphatic heterocycles. The van der Waals surface area contributed by atoms with E-state index in [2.05, 4.69) is 12.1 Å². The normalized spacial score (nSPS) is 31.5. The highest BCUT2D eigenvalue weighted by molar-refractivity contribution is 5.83. The number of Topliss-reactive ketones (excluding diaryl/α,β-unsaturated/α-hetero) is 1. The molecule has 0 radical (unpaired) electrons. The lowest BCUT2D eigenvalue weighted by atomic mass is 9.51. The molecule has 0 aromatic heterocycles. The average molecular weight is 302 g/mol. The third-order valence-corrected chi connectivity index (χ3v) is 5.51. The molecule has 4 atom stereocenters. The maximum atomic E-state index is 12.2. The molecule has 1 aromatic rings. The molecular weight excluding hydrogens is 276 g/mol. The summed E-state index contributed by atoms with van der Waals surface area (Å²) in [7, 11) is 0. The zero-order chi connectivity index (χ0) is 15.7. The molecule has 3 nitrogen and oxygen atoms in total. The first-order valence-electron chi connectivity index (χ1n) is 8.33. The quantitative estimate of drug-likeness (QED) is 0.908. The van der Waals surface area contributed by atoms with Gasteiger partial charge in [0.25, 0.3) is 0 Å². The molecule has 0 spiro atoms. The SMILES string of the molecule is CC(C)(O)[C@H]1C[C@@H]2[C@@H](COCc3ccccc3)CCC(=O)[C@@H]21. The van der Waals surface area contributed by atoms with E-state index in [1.54, 1.807) is 0 Å². The van der Waals surface area contributed by atoms with Gasteiger partial charge >= 0.3 is 0 Å². The van der Waals surface area contributed by atoms with Crippen molar-refractivity contribution < 1.29 is 14.6 Å². The van der Waals surface area contributed by atoms with Gasteiger partial charge in [-0.3, -0.25) is 4.79 Å². The Balaban J connectivity index is 1.54. The van der Waals surface area contributed by atoms with Crippen molar-refractivity contribution in [2.24, 2.45) is 23.7 Å². The second-order valence-corrected chi connectivity index (χ2v) is 7.45. The molecule has 120 valence electrons. The van der Waals surface area contributed by atoms with Gasteiger partial charge in [-0.25, -0.2) is 0 Å². The topological polar surface area (TPSA) is 46.5 Å². The van der Waals surface area contributed by atoms with E-state index in [1.807, 2.05) is 32.0 Å². The number of carbonyl (C=O) groups is 1. The molecule has 2 fully saturated rings. The number of ether oxygens (including phenoxy) is 1. The smallest absolute Gasteiger partial charge is 0.136 e. The Morgan fingerprint density at radius 2 is 2.00 bits per heavy atom. The molecule has 22 heavy (non-hydrogen) atoms. The van der Waals surface area contributed by atoms with Gasteiger partial charge in [-0.1, -0.05) is 30.3 Å². The minimum Gasteiger partial charge on any atom is -0.390 e. The van der Waals surface area contributed by atoms with Crippen molar-refractivity contribution in [3.63, 3.8) is 0 Å². The molecule has 2 aliphatic carbocycles. The number of carbonyl (C=O) groups excluding carboxylic acids is 1. The Bertz CT molecular complexity index is 517. The van der Waals surface area contributed by atoms with E-state index in [4.69, 9.17) is 4.74 Å². The van der Waals surface area contributed by atoms with Crippen molar-refractivity contribution in [3.05, 3.63) is 35.9 Å². The monoisotopic (exact) mass is 302 g/mol. The highest BCUT2D eigenvalue weighted by Gasteiger charge is 2.55. The number of hydrogen-bond donors (Lipinski definition) is 1. The zero-order valence-corrected chi connectivity index (χ0v) is 13.5.